The van der Waals surface area contributed by atoms with Gasteiger partial charge in [0.05, 0.1) is 22.6 Å². The summed E-state index contributed by atoms with van der Waals surface area (Å²) < 4.78 is 2.81. The fourth-order valence-corrected chi connectivity index (χ4v) is 2.63. The Balaban J connectivity index is 2.34. The van der Waals surface area contributed by atoms with Gasteiger partial charge in [-0.1, -0.05) is 36.4 Å². The first-order chi connectivity index (χ1) is 8.81. The minimum absolute atomic E-state index is 0.0476. The smallest absolute Gasteiger partial charge is 0.138 e. The third-order valence-corrected chi connectivity index (χ3v) is 3.51. The highest BCUT2D eigenvalue weighted by molar-refractivity contribution is 9.10. The van der Waals surface area contributed by atoms with Gasteiger partial charge < -0.3 is 5.11 Å². The van der Waals surface area contributed by atoms with Crippen LogP contribution >= 0.6 is 15.9 Å². The molecule has 4 heteroatoms. The van der Waals surface area contributed by atoms with Crippen LogP contribution in [0.4, 0.5) is 0 Å². The van der Waals surface area contributed by atoms with Crippen LogP contribution in [0.5, 0.6) is 0 Å². The molecule has 1 N–H and O–H groups in total. The molecule has 90 valence electrons. The minimum atomic E-state index is -0.0476. The zero-order chi connectivity index (χ0) is 12.5. The summed E-state index contributed by atoms with van der Waals surface area (Å²) in [6.45, 7) is -0.0476. The molecule has 0 spiro atoms. The number of hydrogen-bond acceptors (Lipinski definition) is 2. The average Bonchev–Trinajstić information content (AvgIpc) is 2.79. The molecule has 0 saturated heterocycles. The SMILES string of the molecule is OCc1c(-c2ccccc2)nc2cccc(Br)n12. The molecule has 0 aliphatic rings. The van der Waals surface area contributed by atoms with Crippen LogP contribution in [0.15, 0.2) is 53.1 Å². The molecule has 2 heterocycles. The molecule has 18 heavy (non-hydrogen) atoms. The molecule has 0 atom stereocenters. The first-order valence-corrected chi connectivity index (χ1v) is 6.42. The van der Waals surface area contributed by atoms with Gasteiger partial charge in [-0.3, -0.25) is 4.40 Å². The normalized spacial score (nSPS) is 11.0. The van der Waals surface area contributed by atoms with Crippen molar-refractivity contribution in [2.24, 2.45) is 0 Å². The van der Waals surface area contributed by atoms with E-state index in [0.717, 1.165) is 27.2 Å². The maximum absolute atomic E-state index is 9.61. The van der Waals surface area contributed by atoms with Crippen LogP contribution in [0.1, 0.15) is 5.69 Å². The van der Waals surface area contributed by atoms with E-state index in [1.165, 1.54) is 0 Å². The van der Waals surface area contributed by atoms with Crippen molar-refractivity contribution in [3.8, 4) is 11.3 Å². The fraction of sp³-hybridized carbons (Fsp3) is 0.0714. The Morgan fingerprint density at radius 2 is 1.83 bits per heavy atom. The molecule has 0 bridgehead atoms. The highest BCUT2D eigenvalue weighted by Crippen LogP contribution is 2.26. The second kappa shape index (κ2) is 4.55. The van der Waals surface area contributed by atoms with Gasteiger partial charge in [0.1, 0.15) is 5.65 Å². The lowest BCUT2D eigenvalue weighted by Crippen LogP contribution is -1.95. The Bertz CT molecular complexity index is 692. The topological polar surface area (TPSA) is 37.5 Å². The van der Waals surface area contributed by atoms with Crippen molar-refractivity contribution < 1.29 is 5.11 Å². The summed E-state index contributed by atoms with van der Waals surface area (Å²) in [5.41, 5.74) is 3.46. The Labute approximate surface area is 113 Å². The summed E-state index contributed by atoms with van der Waals surface area (Å²) in [4.78, 5) is 4.59. The second-order valence-corrected chi connectivity index (χ2v) is 4.79. The molecule has 0 amide bonds. The summed E-state index contributed by atoms with van der Waals surface area (Å²) >= 11 is 3.49. The van der Waals surface area contributed by atoms with Gasteiger partial charge in [-0.2, -0.15) is 0 Å². The van der Waals surface area contributed by atoms with Gasteiger partial charge in [0.15, 0.2) is 0 Å². The van der Waals surface area contributed by atoms with Gasteiger partial charge in [-0.25, -0.2) is 4.98 Å². The van der Waals surface area contributed by atoms with Crippen LogP contribution in [0.25, 0.3) is 16.9 Å². The van der Waals surface area contributed by atoms with Gasteiger partial charge in [0, 0.05) is 5.56 Å². The van der Waals surface area contributed by atoms with Crippen LogP contribution in [-0.4, -0.2) is 14.5 Å². The van der Waals surface area contributed by atoms with Crippen molar-refractivity contribution in [3.05, 3.63) is 58.8 Å². The minimum Gasteiger partial charge on any atom is -0.390 e. The lowest BCUT2D eigenvalue weighted by Gasteiger charge is -2.03. The van der Waals surface area contributed by atoms with E-state index in [0.29, 0.717) is 0 Å². The number of benzene rings is 1. The molecule has 0 aliphatic carbocycles. The lowest BCUT2D eigenvalue weighted by molar-refractivity contribution is 0.276. The van der Waals surface area contributed by atoms with Gasteiger partial charge in [-0.05, 0) is 28.1 Å². The van der Waals surface area contributed by atoms with Crippen molar-refractivity contribution >= 4 is 21.6 Å². The number of imidazole rings is 1. The molecular formula is C14H11BrN2O. The quantitative estimate of drug-likeness (QED) is 0.738. The van der Waals surface area contributed by atoms with Gasteiger partial charge in [-0.15, -0.1) is 0 Å². The summed E-state index contributed by atoms with van der Waals surface area (Å²) in [5, 5.41) is 9.61. The molecule has 3 rings (SSSR count). The van der Waals surface area contributed by atoms with Crippen LogP contribution in [0.3, 0.4) is 0 Å². The van der Waals surface area contributed by atoms with E-state index in [4.69, 9.17) is 0 Å². The van der Waals surface area contributed by atoms with E-state index >= 15 is 0 Å². The molecule has 1 aromatic carbocycles. The average molecular weight is 303 g/mol. The van der Waals surface area contributed by atoms with Crippen LogP contribution in [-0.2, 0) is 6.61 Å². The van der Waals surface area contributed by atoms with Crippen molar-refractivity contribution in [2.45, 2.75) is 6.61 Å². The number of aliphatic hydroxyl groups excluding tert-OH is 1. The summed E-state index contributed by atoms with van der Waals surface area (Å²) in [5.74, 6) is 0. The molecule has 0 unspecified atom stereocenters. The predicted octanol–water partition coefficient (Wildman–Crippen LogP) is 3.26. The number of hydrogen-bond donors (Lipinski definition) is 1. The number of fused-ring (bicyclic) bond motifs is 1. The fourth-order valence-electron chi connectivity index (χ4n) is 2.08. The Kier molecular flexibility index (Phi) is 2.89. The third-order valence-electron chi connectivity index (χ3n) is 2.89. The molecule has 0 fully saturated rings. The second-order valence-electron chi connectivity index (χ2n) is 3.97. The number of halogens is 1. The van der Waals surface area contributed by atoms with Crippen LogP contribution in [0, 0.1) is 0 Å². The number of pyridine rings is 1. The Morgan fingerprint density at radius 3 is 2.56 bits per heavy atom. The van der Waals surface area contributed by atoms with Crippen molar-refractivity contribution in [1.82, 2.24) is 9.38 Å². The lowest BCUT2D eigenvalue weighted by atomic mass is 10.1. The van der Waals surface area contributed by atoms with Gasteiger partial charge in [0.2, 0.25) is 0 Å². The zero-order valence-electron chi connectivity index (χ0n) is 9.55. The van der Waals surface area contributed by atoms with E-state index in [1.54, 1.807) is 0 Å². The number of rotatable bonds is 2. The zero-order valence-corrected chi connectivity index (χ0v) is 11.1. The molecule has 3 nitrogen and oxygen atoms in total. The van der Waals surface area contributed by atoms with Gasteiger partial charge in [0.25, 0.3) is 0 Å². The molecule has 0 saturated carbocycles. The summed E-state index contributed by atoms with van der Waals surface area (Å²) in [6, 6.07) is 15.7. The van der Waals surface area contributed by atoms with E-state index in [1.807, 2.05) is 52.9 Å². The maximum Gasteiger partial charge on any atom is 0.138 e. The van der Waals surface area contributed by atoms with E-state index < -0.39 is 0 Å². The Morgan fingerprint density at radius 1 is 1.06 bits per heavy atom. The van der Waals surface area contributed by atoms with Crippen LogP contribution in [0.2, 0.25) is 0 Å². The van der Waals surface area contributed by atoms with Crippen molar-refractivity contribution in [1.29, 1.82) is 0 Å². The highest BCUT2D eigenvalue weighted by Gasteiger charge is 2.14. The van der Waals surface area contributed by atoms with Crippen LogP contribution < -0.4 is 0 Å². The van der Waals surface area contributed by atoms with Crippen molar-refractivity contribution in [3.63, 3.8) is 0 Å². The number of nitrogens with zero attached hydrogens (tertiary/aromatic N) is 2. The summed E-state index contributed by atoms with van der Waals surface area (Å²) in [6.07, 6.45) is 0. The third kappa shape index (κ3) is 1.74. The standard InChI is InChI=1S/C14H11BrN2O/c15-12-7-4-8-13-16-14(11(9-18)17(12)13)10-5-2-1-3-6-10/h1-8,18H,9H2. The van der Waals surface area contributed by atoms with E-state index in [-0.39, 0.29) is 6.61 Å². The maximum atomic E-state index is 9.61. The number of aromatic nitrogens is 2. The summed E-state index contributed by atoms with van der Waals surface area (Å²) in [7, 11) is 0. The Hall–Kier alpha value is -1.65. The van der Waals surface area contributed by atoms with Gasteiger partial charge >= 0.3 is 0 Å². The molecule has 0 radical (unpaired) electrons. The van der Waals surface area contributed by atoms with Crippen molar-refractivity contribution in [2.75, 3.05) is 0 Å². The molecule has 2 aromatic heterocycles. The largest absolute Gasteiger partial charge is 0.390 e. The molecule has 3 aromatic rings. The predicted molar refractivity (Wildman–Crippen MR) is 74.3 cm³/mol. The molecule has 0 aliphatic heterocycles. The first-order valence-electron chi connectivity index (χ1n) is 5.63. The number of aliphatic hydroxyl groups is 1. The van der Waals surface area contributed by atoms with E-state index in [9.17, 15) is 5.11 Å². The monoisotopic (exact) mass is 302 g/mol. The first kappa shape index (κ1) is 11.4. The molecular weight excluding hydrogens is 292 g/mol. The van der Waals surface area contributed by atoms with E-state index in [2.05, 4.69) is 20.9 Å². The highest BCUT2D eigenvalue weighted by atomic mass is 79.9.